The summed E-state index contributed by atoms with van der Waals surface area (Å²) in [5.74, 6) is 0.252. The maximum absolute atomic E-state index is 12.3. The molecule has 2 aliphatic rings. The predicted octanol–water partition coefficient (Wildman–Crippen LogP) is 2.34. The number of benzene rings is 1. The fourth-order valence-electron chi connectivity index (χ4n) is 3.56. The summed E-state index contributed by atoms with van der Waals surface area (Å²) in [5, 5.41) is 11.0. The van der Waals surface area contributed by atoms with Crippen LogP contribution in [-0.2, 0) is 14.6 Å². The summed E-state index contributed by atoms with van der Waals surface area (Å²) in [4.78, 5) is 22.3. The number of esters is 1. The Kier molecular flexibility index (Phi) is 3.87. The molecular weight excluding hydrogens is 322 g/mol. The molecule has 2 fully saturated rings. The molecule has 3 atom stereocenters. The maximum atomic E-state index is 12.3. The topological polar surface area (TPSA) is 104 Å². The lowest BCUT2D eigenvalue weighted by Gasteiger charge is -2.21. The van der Waals surface area contributed by atoms with Crippen molar-refractivity contribution in [3.05, 3.63) is 33.9 Å². The minimum Gasteiger partial charge on any atom is -0.458 e. The number of nitro groups is 1. The summed E-state index contributed by atoms with van der Waals surface area (Å²) in [5.41, 5.74) is -0.532. The van der Waals surface area contributed by atoms with Gasteiger partial charge in [0, 0.05) is 18.4 Å². The molecule has 3 rings (SSSR count). The van der Waals surface area contributed by atoms with Crippen LogP contribution in [0.25, 0.3) is 0 Å². The second-order valence-electron chi connectivity index (χ2n) is 6.36. The summed E-state index contributed by atoms with van der Waals surface area (Å²) in [6.07, 6.45) is 4.85. The molecule has 124 valence electrons. The van der Waals surface area contributed by atoms with E-state index in [0.29, 0.717) is 11.8 Å². The Bertz CT molecular complexity index is 772. The van der Waals surface area contributed by atoms with Crippen LogP contribution in [0.15, 0.2) is 23.1 Å². The number of hydrogen-bond donors (Lipinski definition) is 0. The lowest BCUT2D eigenvalue weighted by Crippen LogP contribution is -2.24. The Balaban J connectivity index is 1.87. The van der Waals surface area contributed by atoms with Gasteiger partial charge < -0.3 is 4.74 Å². The third-order valence-electron chi connectivity index (χ3n) is 4.70. The van der Waals surface area contributed by atoms with Crippen LogP contribution in [0.5, 0.6) is 0 Å². The third-order valence-corrected chi connectivity index (χ3v) is 5.79. The van der Waals surface area contributed by atoms with E-state index in [-0.39, 0.29) is 16.6 Å². The number of nitrogens with zero attached hydrogens (tertiary/aromatic N) is 1. The highest BCUT2D eigenvalue weighted by Crippen LogP contribution is 2.46. The first-order chi connectivity index (χ1) is 10.7. The van der Waals surface area contributed by atoms with E-state index < -0.39 is 26.4 Å². The molecular formula is C15H17NO6S. The first-order valence-electron chi connectivity index (χ1n) is 7.44. The molecule has 0 spiro atoms. The molecule has 8 heteroatoms. The van der Waals surface area contributed by atoms with E-state index in [1.165, 1.54) is 0 Å². The third kappa shape index (κ3) is 3.21. The molecule has 0 saturated heterocycles. The standard InChI is InChI=1S/C15H17NO6S/c1-23(20,21)13-7-11(6-12(8-13)16(18)19)15(17)22-14-5-9-2-3-10(14)4-9/h6-10,14H,2-5H2,1H3. The number of ether oxygens (including phenoxy) is 1. The fourth-order valence-corrected chi connectivity index (χ4v) is 4.23. The van der Waals surface area contributed by atoms with Gasteiger partial charge in [0.15, 0.2) is 9.84 Å². The van der Waals surface area contributed by atoms with Crippen molar-refractivity contribution in [1.29, 1.82) is 0 Å². The van der Waals surface area contributed by atoms with Gasteiger partial charge >= 0.3 is 5.97 Å². The Morgan fingerprint density at radius 2 is 2.00 bits per heavy atom. The van der Waals surface area contributed by atoms with Crippen molar-refractivity contribution < 1.29 is 22.9 Å². The van der Waals surface area contributed by atoms with Gasteiger partial charge in [0.1, 0.15) is 6.10 Å². The number of nitro benzene ring substituents is 1. The molecule has 2 aliphatic carbocycles. The molecule has 0 aliphatic heterocycles. The van der Waals surface area contributed by atoms with E-state index in [2.05, 4.69) is 0 Å². The van der Waals surface area contributed by atoms with Gasteiger partial charge in [-0.3, -0.25) is 10.1 Å². The zero-order chi connectivity index (χ0) is 16.8. The highest BCUT2D eigenvalue weighted by Gasteiger charge is 2.41. The average molecular weight is 339 g/mol. The fraction of sp³-hybridized carbons (Fsp3) is 0.533. The van der Waals surface area contributed by atoms with Crippen molar-refractivity contribution in [2.45, 2.75) is 36.7 Å². The average Bonchev–Trinajstić information content (AvgIpc) is 3.08. The SMILES string of the molecule is CS(=O)(=O)c1cc(C(=O)OC2CC3CCC2C3)cc([N+](=O)[O-])c1. The molecule has 1 aromatic carbocycles. The van der Waals surface area contributed by atoms with Crippen LogP contribution in [0.2, 0.25) is 0 Å². The number of non-ortho nitro benzene ring substituents is 1. The van der Waals surface area contributed by atoms with Crippen molar-refractivity contribution in [2.75, 3.05) is 6.26 Å². The second kappa shape index (κ2) is 5.59. The van der Waals surface area contributed by atoms with Gasteiger partial charge in [-0.05, 0) is 43.6 Å². The summed E-state index contributed by atoms with van der Waals surface area (Å²) < 4.78 is 28.8. The van der Waals surface area contributed by atoms with Gasteiger partial charge in [-0.15, -0.1) is 0 Å². The smallest absolute Gasteiger partial charge is 0.338 e. The van der Waals surface area contributed by atoms with Crippen LogP contribution in [-0.4, -0.2) is 31.7 Å². The van der Waals surface area contributed by atoms with Crippen molar-refractivity contribution >= 4 is 21.5 Å². The Hall–Kier alpha value is -1.96. The molecule has 0 amide bonds. The lowest BCUT2D eigenvalue weighted by atomic mass is 9.98. The van der Waals surface area contributed by atoms with Gasteiger partial charge in [-0.1, -0.05) is 0 Å². The number of carbonyl (C=O) groups excluding carboxylic acids is 1. The van der Waals surface area contributed by atoms with Gasteiger partial charge in [0.25, 0.3) is 5.69 Å². The summed E-state index contributed by atoms with van der Waals surface area (Å²) >= 11 is 0. The van der Waals surface area contributed by atoms with Crippen molar-refractivity contribution in [2.24, 2.45) is 11.8 Å². The zero-order valence-electron chi connectivity index (χ0n) is 12.6. The second-order valence-corrected chi connectivity index (χ2v) is 8.38. The highest BCUT2D eigenvalue weighted by molar-refractivity contribution is 7.90. The lowest BCUT2D eigenvalue weighted by molar-refractivity contribution is -0.385. The normalized spacial score (nSPS) is 26.2. The summed E-state index contributed by atoms with van der Waals surface area (Å²) in [7, 11) is -3.66. The molecule has 23 heavy (non-hydrogen) atoms. The Labute approximate surface area is 133 Å². The number of sulfone groups is 1. The van der Waals surface area contributed by atoms with Crippen LogP contribution >= 0.6 is 0 Å². The molecule has 7 nitrogen and oxygen atoms in total. The van der Waals surface area contributed by atoms with E-state index in [9.17, 15) is 23.3 Å². The number of carbonyl (C=O) groups is 1. The minimum atomic E-state index is -3.66. The molecule has 0 aromatic heterocycles. The zero-order valence-corrected chi connectivity index (χ0v) is 13.4. The Morgan fingerprint density at radius 1 is 1.26 bits per heavy atom. The van der Waals surface area contributed by atoms with E-state index in [1.807, 2.05) is 0 Å². The summed E-state index contributed by atoms with van der Waals surface area (Å²) in [6, 6.07) is 3.14. The molecule has 3 unspecified atom stereocenters. The monoisotopic (exact) mass is 339 g/mol. The number of rotatable bonds is 4. The van der Waals surface area contributed by atoms with Crippen molar-refractivity contribution in [3.63, 3.8) is 0 Å². The molecule has 1 aromatic rings. The van der Waals surface area contributed by atoms with E-state index in [0.717, 1.165) is 50.1 Å². The first-order valence-corrected chi connectivity index (χ1v) is 9.33. The molecule has 0 N–H and O–H groups in total. The predicted molar refractivity (Wildman–Crippen MR) is 80.9 cm³/mol. The Morgan fingerprint density at radius 3 is 2.52 bits per heavy atom. The first kappa shape index (κ1) is 15.9. The van der Waals surface area contributed by atoms with Crippen LogP contribution in [0.1, 0.15) is 36.0 Å². The van der Waals surface area contributed by atoms with Crippen LogP contribution in [0.4, 0.5) is 5.69 Å². The van der Waals surface area contributed by atoms with Gasteiger partial charge in [0.2, 0.25) is 0 Å². The molecule has 0 radical (unpaired) electrons. The quantitative estimate of drug-likeness (QED) is 0.474. The molecule has 0 heterocycles. The van der Waals surface area contributed by atoms with Gasteiger partial charge in [-0.25, -0.2) is 13.2 Å². The molecule has 2 bridgehead atoms. The van der Waals surface area contributed by atoms with Crippen molar-refractivity contribution in [3.8, 4) is 0 Å². The van der Waals surface area contributed by atoms with Crippen molar-refractivity contribution in [1.82, 2.24) is 0 Å². The largest absolute Gasteiger partial charge is 0.458 e. The highest BCUT2D eigenvalue weighted by atomic mass is 32.2. The summed E-state index contributed by atoms with van der Waals surface area (Å²) in [6.45, 7) is 0. The van der Waals surface area contributed by atoms with Crippen LogP contribution in [0, 0.1) is 22.0 Å². The number of fused-ring (bicyclic) bond motifs is 2. The maximum Gasteiger partial charge on any atom is 0.338 e. The van der Waals surface area contributed by atoms with E-state index >= 15 is 0 Å². The van der Waals surface area contributed by atoms with Gasteiger partial charge in [-0.2, -0.15) is 0 Å². The van der Waals surface area contributed by atoms with Crippen LogP contribution < -0.4 is 0 Å². The molecule has 2 saturated carbocycles. The number of hydrogen-bond acceptors (Lipinski definition) is 6. The van der Waals surface area contributed by atoms with E-state index in [4.69, 9.17) is 4.74 Å². The van der Waals surface area contributed by atoms with Crippen LogP contribution in [0.3, 0.4) is 0 Å². The minimum absolute atomic E-state index is 0.0950. The van der Waals surface area contributed by atoms with Gasteiger partial charge in [0.05, 0.1) is 15.4 Å². The van der Waals surface area contributed by atoms with E-state index in [1.54, 1.807) is 0 Å².